The summed E-state index contributed by atoms with van der Waals surface area (Å²) in [6.07, 6.45) is 0. The van der Waals surface area contributed by atoms with Crippen molar-refractivity contribution >= 4 is 7.82 Å². The van der Waals surface area contributed by atoms with Crippen LogP contribution in [0.1, 0.15) is 0 Å². The summed E-state index contributed by atoms with van der Waals surface area (Å²) in [7, 11) is -4.19. The smallest absolute Gasteiger partial charge is 0.301 e. The third-order valence-corrected chi connectivity index (χ3v) is 1.41. The predicted molar refractivity (Wildman–Crippen MR) is 26.1 cm³/mol. The number of phosphoric ester groups is 1. The molecule has 0 spiro atoms. The molecule has 0 aromatic rings. The van der Waals surface area contributed by atoms with Gasteiger partial charge >= 0.3 is 7.82 Å². The lowest BCUT2D eigenvalue weighted by Gasteiger charge is -2.04. The van der Waals surface area contributed by atoms with Gasteiger partial charge in [-0.05, 0) is 15.1 Å². The Balaban J connectivity index is 2.37. The maximum absolute atomic E-state index is 10.6. The van der Waals surface area contributed by atoms with Crippen molar-refractivity contribution in [1.29, 1.82) is 0 Å². The van der Waals surface area contributed by atoms with Crippen molar-refractivity contribution in [1.82, 2.24) is 0 Å². The first-order valence-electron chi connectivity index (χ1n) is 2.49. The summed E-state index contributed by atoms with van der Waals surface area (Å²) in [5.41, 5.74) is 0. The molecule has 11 heavy (non-hydrogen) atoms. The van der Waals surface area contributed by atoms with Gasteiger partial charge in [0, 0.05) is 0 Å². The van der Waals surface area contributed by atoms with Gasteiger partial charge in [-0.15, -0.1) is 0 Å². The van der Waals surface area contributed by atoms with E-state index < -0.39 is 7.82 Å². The molecule has 1 fully saturated rings. The second kappa shape index (κ2) is 4.10. The number of rotatable bonds is 0. The standard InChI is InChI=1S/C2H5O8P/c3-11(4)6-2-1-5-7-8-9-10-11/h1-2H2,(H,3,4). The Morgan fingerprint density at radius 2 is 2.00 bits per heavy atom. The lowest BCUT2D eigenvalue weighted by molar-refractivity contribution is -0.691. The molecule has 1 N–H and O–H groups in total. The van der Waals surface area contributed by atoms with Crippen LogP contribution in [-0.4, -0.2) is 18.1 Å². The van der Waals surface area contributed by atoms with Crippen LogP contribution in [0.2, 0.25) is 0 Å². The highest BCUT2D eigenvalue weighted by molar-refractivity contribution is 7.47. The highest BCUT2D eigenvalue weighted by Crippen LogP contribution is 2.43. The fraction of sp³-hybridized carbons (Fsp3) is 1.00. The Labute approximate surface area is 60.8 Å². The number of phosphoric acid groups is 1. The van der Waals surface area contributed by atoms with Crippen LogP contribution in [0, 0.1) is 0 Å². The van der Waals surface area contributed by atoms with Gasteiger partial charge in [-0.1, -0.05) is 4.67 Å². The zero-order valence-corrected chi connectivity index (χ0v) is 6.06. The van der Waals surface area contributed by atoms with E-state index in [1.54, 1.807) is 0 Å². The minimum atomic E-state index is -4.19. The van der Waals surface area contributed by atoms with E-state index in [2.05, 4.69) is 29.2 Å². The Kier molecular flexibility index (Phi) is 3.37. The quantitative estimate of drug-likeness (QED) is 0.414. The second-order valence-corrected chi connectivity index (χ2v) is 2.75. The molecule has 0 saturated carbocycles. The molecule has 0 amide bonds. The molecule has 1 atom stereocenters. The Morgan fingerprint density at radius 3 is 2.82 bits per heavy atom. The molecular formula is C2H5O8P. The molecule has 1 unspecified atom stereocenters. The molecule has 0 radical (unpaired) electrons. The lowest BCUT2D eigenvalue weighted by atomic mass is 10.8. The summed E-state index contributed by atoms with van der Waals surface area (Å²) in [6, 6.07) is 0. The van der Waals surface area contributed by atoms with E-state index in [9.17, 15) is 4.57 Å². The van der Waals surface area contributed by atoms with Crippen LogP contribution in [0.25, 0.3) is 0 Å². The zero-order chi connectivity index (χ0) is 8.16. The van der Waals surface area contributed by atoms with Crippen molar-refractivity contribution < 1.29 is 38.7 Å². The maximum Gasteiger partial charge on any atom is 0.501 e. The normalized spacial score (nSPS) is 35.4. The van der Waals surface area contributed by atoms with E-state index in [0.29, 0.717) is 0 Å². The molecule has 0 aliphatic carbocycles. The summed E-state index contributed by atoms with van der Waals surface area (Å²) < 4.78 is 18.5. The number of hydrogen-bond acceptors (Lipinski definition) is 7. The fourth-order valence-electron chi connectivity index (χ4n) is 0.324. The summed E-state index contributed by atoms with van der Waals surface area (Å²) >= 11 is 0. The van der Waals surface area contributed by atoms with Crippen molar-refractivity contribution in [3.63, 3.8) is 0 Å². The zero-order valence-electron chi connectivity index (χ0n) is 5.17. The van der Waals surface area contributed by atoms with Gasteiger partial charge in [0.15, 0.2) is 0 Å². The SMILES string of the molecule is O=P1(O)OCCOOOOO1. The predicted octanol–water partition coefficient (Wildman–Crippen LogP) is -0.140. The maximum atomic E-state index is 10.6. The molecule has 0 bridgehead atoms. The Morgan fingerprint density at radius 1 is 1.18 bits per heavy atom. The van der Waals surface area contributed by atoms with E-state index >= 15 is 0 Å². The average Bonchev–Trinajstić information content (AvgIpc) is 2.00. The molecule has 0 aromatic heterocycles. The van der Waals surface area contributed by atoms with Gasteiger partial charge in [-0.2, -0.15) is 0 Å². The van der Waals surface area contributed by atoms with Crippen LogP contribution in [0.4, 0.5) is 0 Å². The molecule has 1 rings (SSSR count). The highest BCUT2D eigenvalue weighted by atomic mass is 31.2. The van der Waals surface area contributed by atoms with E-state index in [1.807, 2.05) is 0 Å². The van der Waals surface area contributed by atoms with Gasteiger partial charge in [0.2, 0.25) is 0 Å². The first-order chi connectivity index (χ1) is 5.21. The molecule has 9 heteroatoms. The van der Waals surface area contributed by atoms with Crippen LogP contribution in [-0.2, 0) is 33.8 Å². The van der Waals surface area contributed by atoms with Crippen molar-refractivity contribution in [3.05, 3.63) is 0 Å². The summed E-state index contributed by atoms with van der Waals surface area (Å²) in [4.78, 5) is 12.8. The first-order valence-corrected chi connectivity index (χ1v) is 3.99. The van der Waals surface area contributed by atoms with E-state index in [0.717, 1.165) is 0 Å². The Hall–Kier alpha value is -0.0500. The highest BCUT2D eigenvalue weighted by Gasteiger charge is 2.24. The van der Waals surface area contributed by atoms with Crippen LogP contribution < -0.4 is 0 Å². The molecule has 1 saturated heterocycles. The Bertz CT molecular complexity index is 142. The van der Waals surface area contributed by atoms with Crippen molar-refractivity contribution in [2.45, 2.75) is 0 Å². The summed E-state index contributed by atoms with van der Waals surface area (Å²) in [5.74, 6) is 0. The largest absolute Gasteiger partial charge is 0.501 e. The minimum absolute atomic E-state index is 0.0860. The number of hydrogen-bond donors (Lipinski definition) is 1. The minimum Gasteiger partial charge on any atom is -0.301 e. The monoisotopic (exact) mass is 188 g/mol. The molecule has 66 valence electrons. The molecular weight excluding hydrogens is 183 g/mol. The average molecular weight is 188 g/mol. The topological polar surface area (TPSA) is 92.7 Å². The van der Waals surface area contributed by atoms with Gasteiger partial charge in [0.1, 0.15) is 6.61 Å². The molecule has 8 nitrogen and oxygen atoms in total. The van der Waals surface area contributed by atoms with Crippen LogP contribution in [0.5, 0.6) is 0 Å². The van der Waals surface area contributed by atoms with Crippen molar-refractivity contribution in [2.24, 2.45) is 0 Å². The van der Waals surface area contributed by atoms with Gasteiger partial charge in [0.25, 0.3) is 0 Å². The first kappa shape index (κ1) is 9.04. The molecule has 1 aliphatic rings. The van der Waals surface area contributed by atoms with E-state index in [1.165, 1.54) is 0 Å². The second-order valence-electron chi connectivity index (χ2n) is 1.40. The summed E-state index contributed by atoms with van der Waals surface area (Å²) in [6.45, 7) is -0.266. The van der Waals surface area contributed by atoms with E-state index in [-0.39, 0.29) is 13.2 Å². The van der Waals surface area contributed by atoms with E-state index in [4.69, 9.17) is 4.89 Å². The summed E-state index contributed by atoms with van der Waals surface area (Å²) in [5, 5.41) is 11.0. The molecule has 1 aliphatic heterocycles. The van der Waals surface area contributed by atoms with Crippen molar-refractivity contribution in [2.75, 3.05) is 13.2 Å². The van der Waals surface area contributed by atoms with Gasteiger partial charge in [0.05, 0.1) is 6.61 Å². The van der Waals surface area contributed by atoms with Crippen LogP contribution in [0.15, 0.2) is 0 Å². The van der Waals surface area contributed by atoms with Crippen LogP contribution >= 0.6 is 7.82 Å². The molecule has 1 heterocycles. The lowest BCUT2D eigenvalue weighted by Crippen LogP contribution is -2.00. The fourth-order valence-corrected chi connectivity index (χ4v) is 0.774. The van der Waals surface area contributed by atoms with Crippen molar-refractivity contribution in [3.8, 4) is 0 Å². The van der Waals surface area contributed by atoms with Gasteiger partial charge in [-0.3, -0.25) is 4.52 Å². The van der Waals surface area contributed by atoms with Crippen LogP contribution in [0.3, 0.4) is 0 Å². The third kappa shape index (κ3) is 3.75. The third-order valence-electron chi connectivity index (χ3n) is 0.649. The molecule has 0 aromatic carbocycles. The van der Waals surface area contributed by atoms with Gasteiger partial charge < -0.3 is 4.89 Å². The van der Waals surface area contributed by atoms with Gasteiger partial charge in [-0.25, -0.2) is 9.45 Å².